The van der Waals surface area contributed by atoms with Crippen molar-refractivity contribution in [2.24, 2.45) is 0 Å². The second-order valence-electron chi connectivity index (χ2n) is 6.46. The van der Waals surface area contributed by atoms with Gasteiger partial charge in [0.15, 0.2) is 23.1 Å². The van der Waals surface area contributed by atoms with Crippen LogP contribution in [0.2, 0.25) is 0 Å². The molecule has 0 aromatic heterocycles. The summed E-state index contributed by atoms with van der Waals surface area (Å²) in [5.74, 6) is -0.691. The number of carbonyl (C=O) groups is 3. The van der Waals surface area contributed by atoms with Gasteiger partial charge in [0.1, 0.15) is 6.10 Å². The number of benzene rings is 1. The summed E-state index contributed by atoms with van der Waals surface area (Å²) in [6, 6.07) is 3.10. The maximum Gasteiger partial charge on any atom is 0.308 e. The molecular weight excluding hydrogens is 368 g/mol. The molecule has 1 aliphatic heterocycles. The smallest absolute Gasteiger partial charge is 0.308 e. The van der Waals surface area contributed by atoms with Crippen molar-refractivity contribution in [1.82, 2.24) is 0 Å². The minimum Gasteiger partial charge on any atom is -0.493 e. The van der Waals surface area contributed by atoms with Crippen molar-refractivity contribution < 1.29 is 38.1 Å². The van der Waals surface area contributed by atoms with Crippen molar-refractivity contribution >= 4 is 17.5 Å². The van der Waals surface area contributed by atoms with Crippen molar-refractivity contribution in [3.63, 3.8) is 0 Å². The maximum absolute atomic E-state index is 13.3. The van der Waals surface area contributed by atoms with Crippen LogP contribution in [0.4, 0.5) is 0 Å². The molecule has 1 aliphatic carbocycles. The summed E-state index contributed by atoms with van der Waals surface area (Å²) in [4.78, 5) is 38.4. The molecule has 8 heteroatoms. The first-order chi connectivity index (χ1) is 13.4. The molecule has 1 aromatic rings. The summed E-state index contributed by atoms with van der Waals surface area (Å²) in [5.41, 5.74) is 0.758. The van der Waals surface area contributed by atoms with Gasteiger partial charge in [-0.3, -0.25) is 14.4 Å². The second kappa shape index (κ2) is 7.73. The number of hydrogen-bond acceptors (Lipinski definition) is 8. The molecule has 0 amide bonds. The first-order valence-electron chi connectivity index (χ1n) is 8.73. The van der Waals surface area contributed by atoms with Gasteiger partial charge in [0.05, 0.1) is 45.5 Å². The largest absolute Gasteiger partial charge is 0.493 e. The van der Waals surface area contributed by atoms with Crippen LogP contribution in [0.15, 0.2) is 23.3 Å². The molecule has 3 rings (SSSR count). The molecule has 0 N–H and O–H groups in total. The zero-order chi connectivity index (χ0) is 20.6. The fourth-order valence-corrected chi connectivity index (χ4v) is 3.81. The van der Waals surface area contributed by atoms with Crippen molar-refractivity contribution in [3.8, 4) is 11.5 Å². The Bertz CT molecular complexity index is 869. The van der Waals surface area contributed by atoms with E-state index in [4.69, 9.17) is 23.7 Å². The SMILES string of the molecule is COC(=O)C[C@H]1O[C@H](C)C2=C(C(=O)c3ccc(OC)c(OC)c3C2=O)[C@H]1OC. The second-order valence-corrected chi connectivity index (χ2v) is 6.46. The van der Waals surface area contributed by atoms with Gasteiger partial charge in [0.2, 0.25) is 0 Å². The summed E-state index contributed by atoms with van der Waals surface area (Å²) >= 11 is 0. The lowest BCUT2D eigenvalue weighted by Gasteiger charge is -2.39. The molecule has 3 atom stereocenters. The summed E-state index contributed by atoms with van der Waals surface area (Å²) in [6.07, 6.45) is -2.43. The molecule has 2 aliphatic rings. The van der Waals surface area contributed by atoms with E-state index in [0.717, 1.165) is 0 Å². The standard InChI is InChI=1S/C20H22O8/c1-9-14-16(20(27-5)12(28-9)8-13(21)25-3)17(22)10-6-7-11(24-2)19(26-4)15(10)18(14)23/h6-7,9,12,20H,8H2,1-5H3/t9-,12-,20+/m1/s1. The maximum atomic E-state index is 13.3. The molecule has 0 radical (unpaired) electrons. The van der Waals surface area contributed by atoms with E-state index in [0.29, 0.717) is 5.75 Å². The van der Waals surface area contributed by atoms with E-state index in [1.54, 1.807) is 13.0 Å². The number of esters is 1. The molecule has 0 saturated carbocycles. The van der Waals surface area contributed by atoms with Crippen LogP contribution in [0.3, 0.4) is 0 Å². The van der Waals surface area contributed by atoms with E-state index in [1.807, 2.05) is 0 Å². The zero-order valence-electron chi connectivity index (χ0n) is 16.4. The van der Waals surface area contributed by atoms with E-state index < -0.39 is 24.3 Å². The summed E-state index contributed by atoms with van der Waals surface area (Å²) in [6.45, 7) is 1.66. The lowest BCUT2D eigenvalue weighted by atomic mass is 9.76. The Balaban J connectivity index is 2.16. The Hall–Kier alpha value is -2.71. The van der Waals surface area contributed by atoms with Crippen LogP contribution in [-0.4, -0.2) is 64.3 Å². The van der Waals surface area contributed by atoms with E-state index in [-0.39, 0.29) is 46.0 Å². The quantitative estimate of drug-likeness (QED) is 0.702. The van der Waals surface area contributed by atoms with Crippen LogP contribution in [0, 0.1) is 0 Å². The van der Waals surface area contributed by atoms with E-state index in [2.05, 4.69) is 0 Å². The summed E-state index contributed by atoms with van der Waals surface area (Å²) in [7, 11) is 5.53. The number of rotatable bonds is 5. The summed E-state index contributed by atoms with van der Waals surface area (Å²) < 4.78 is 26.7. The Morgan fingerprint density at radius 2 is 1.75 bits per heavy atom. The van der Waals surface area contributed by atoms with Crippen molar-refractivity contribution in [2.45, 2.75) is 31.7 Å². The third-order valence-electron chi connectivity index (χ3n) is 5.05. The van der Waals surface area contributed by atoms with Gasteiger partial charge >= 0.3 is 5.97 Å². The number of fused-ring (bicyclic) bond motifs is 1. The fourth-order valence-electron chi connectivity index (χ4n) is 3.81. The molecule has 1 aromatic carbocycles. The molecule has 1 heterocycles. The van der Waals surface area contributed by atoms with Gasteiger partial charge < -0.3 is 23.7 Å². The highest BCUT2D eigenvalue weighted by atomic mass is 16.6. The number of methoxy groups -OCH3 is 4. The van der Waals surface area contributed by atoms with Gasteiger partial charge in [0.25, 0.3) is 0 Å². The lowest BCUT2D eigenvalue weighted by Crippen LogP contribution is -2.48. The van der Waals surface area contributed by atoms with E-state index >= 15 is 0 Å². The van der Waals surface area contributed by atoms with Gasteiger partial charge in [-0.05, 0) is 19.1 Å². The van der Waals surface area contributed by atoms with E-state index in [1.165, 1.54) is 34.5 Å². The van der Waals surface area contributed by atoms with Gasteiger partial charge in [-0.2, -0.15) is 0 Å². The topological polar surface area (TPSA) is 97.4 Å². The monoisotopic (exact) mass is 390 g/mol. The Kier molecular flexibility index (Phi) is 5.53. The van der Waals surface area contributed by atoms with Crippen LogP contribution < -0.4 is 9.47 Å². The third kappa shape index (κ3) is 2.98. The van der Waals surface area contributed by atoms with Crippen molar-refractivity contribution in [1.29, 1.82) is 0 Å². The van der Waals surface area contributed by atoms with E-state index in [9.17, 15) is 14.4 Å². The highest BCUT2D eigenvalue weighted by Gasteiger charge is 2.47. The predicted molar refractivity (Wildman–Crippen MR) is 97.0 cm³/mol. The van der Waals surface area contributed by atoms with Gasteiger partial charge in [-0.25, -0.2) is 0 Å². The summed E-state index contributed by atoms with van der Waals surface area (Å²) in [5, 5.41) is 0. The average Bonchev–Trinajstić information content (AvgIpc) is 2.70. The Labute approximate surface area is 162 Å². The third-order valence-corrected chi connectivity index (χ3v) is 5.05. The van der Waals surface area contributed by atoms with Crippen molar-refractivity contribution in [2.75, 3.05) is 28.4 Å². The number of hydrogen-bond donors (Lipinski definition) is 0. The lowest BCUT2D eigenvalue weighted by molar-refractivity contribution is -0.148. The van der Waals surface area contributed by atoms with Crippen molar-refractivity contribution in [3.05, 3.63) is 34.4 Å². The minimum absolute atomic E-state index is 0.101. The highest BCUT2D eigenvalue weighted by Crippen LogP contribution is 2.43. The van der Waals surface area contributed by atoms with Gasteiger partial charge in [0, 0.05) is 23.8 Å². The zero-order valence-corrected chi connectivity index (χ0v) is 16.4. The first-order valence-corrected chi connectivity index (χ1v) is 8.73. The molecule has 0 fully saturated rings. The number of ether oxygens (including phenoxy) is 5. The van der Waals surface area contributed by atoms with Crippen LogP contribution in [0.1, 0.15) is 34.1 Å². The van der Waals surface area contributed by atoms with Crippen LogP contribution in [0.25, 0.3) is 0 Å². The Morgan fingerprint density at radius 3 is 2.32 bits per heavy atom. The molecule has 0 bridgehead atoms. The highest BCUT2D eigenvalue weighted by molar-refractivity contribution is 6.29. The van der Waals surface area contributed by atoms with Crippen LogP contribution in [-0.2, 0) is 19.0 Å². The molecule has 8 nitrogen and oxygen atoms in total. The fraction of sp³-hybridized carbons (Fsp3) is 0.450. The molecule has 28 heavy (non-hydrogen) atoms. The molecule has 0 unspecified atom stereocenters. The number of Topliss-reactive ketones (excluding diaryl/α,β-unsaturated/α-hetero) is 2. The van der Waals surface area contributed by atoms with Crippen LogP contribution in [0.5, 0.6) is 11.5 Å². The number of carbonyl (C=O) groups excluding carboxylic acids is 3. The molecule has 0 spiro atoms. The Morgan fingerprint density at radius 1 is 1.04 bits per heavy atom. The normalized spacial score (nSPS) is 23.8. The molecule has 150 valence electrons. The minimum atomic E-state index is -0.872. The van der Waals surface area contributed by atoms with Gasteiger partial charge in [-0.1, -0.05) is 0 Å². The molecular formula is C20H22O8. The number of ketones is 2. The predicted octanol–water partition coefficient (Wildman–Crippen LogP) is 1.74. The molecule has 0 saturated heterocycles. The van der Waals surface area contributed by atoms with Crippen LogP contribution >= 0.6 is 0 Å². The van der Waals surface area contributed by atoms with Gasteiger partial charge in [-0.15, -0.1) is 0 Å². The average molecular weight is 390 g/mol. The first kappa shape index (κ1) is 20.0.